The molecule has 9 heteroatoms. The molecular weight excluding hydrogens is 322 g/mol. The minimum Gasteiger partial charge on any atom is -0.489 e. The van der Waals surface area contributed by atoms with Gasteiger partial charge in [0.25, 0.3) is 14.7 Å². The van der Waals surface area contributed by atoms with Gasteiger partial charge in [-0.25, -0.2) is 8.42 Å². The monoisotopic (exact) mass is 337 g/mol. The van der Waals surface area contributed by atoms with E-state index in [4.69, 9.17) is 20.2 Å². The molecule has 0 fully saturated rings. The van der Waals surface area contributed by atoms with Crippen LogP contribution < -0.4 is 4.74 Å². The van der Waals surface area contributed by atoms with E-state index in [0.29, 0.717) is 5.56 Å². The first kappa shape index (κ1) is 17.7. The van der Waals surface area contributed by atoms with Gasteiger partial charge >= 0.3 is 0 Å². The first-order chi connectivity index (χ1) is 9.62. The van der Waals surface area contributed by atoms with Crippen molar-refractivity contribution in [2.45, 2.75) is 31.8 Å². The van der Waals surface area contributed by atoms with Gasteiger partial charge in [0.2, 0.25) is 0 Å². The maximum atomic E-state index is 11.6. The van der Waals surface area contributed by atoms with Crippen LogP contribution in [0.5, 0.6) is 5.75 Å². The first-order valence-corrected chi connectivity index (χ1v) is 8.42. The lowest BCUT2D eigenvalue weighted by molar-refractivity contribution is -0.385. The molecule has 0 aromatic heterocycles. The number of nitro groups is 1. The molecule has 0 heterocycles. The number of nitrogens with zero attached hydrogens (tertiary/aromatic N) is 1. The van der Waals surface area contributed by atoms with Crippen LogP contribution in [0.15, 0.2) is 17.0 Å². The molecular formula is C12H16ClNO6S. The summed E-state index contributed by atoms with van der Waals surface area (Å²) in [5, 5.41) is 10.8. The number of nitro benzene ring substituents is 1. The molecule has 0 radical (unpaired) electrons. The van der Waals surface area contributed by atoms with E-state index in [1.807, 2.05) is 13.8 Å². The lowest BCUT2D eigenvalue weighted by Crippen LogP contribution is -2.13. The topological polar surface area (TPSA) is 95.7 Å². The Labute approximate surface area is 127 Å². The summed E-state index contributed by atoms with van der Waals surface area (Å²) in [4.78, 5) is 9.68. The van der Waals surface area contributed by atoms with Crippen molar-refractivity contribution in [3.05, 3.63) is 27.8 Å². The van der Waals surface area contributed by atoms with Crippen molar-refractivity contribution in [2.75, 3.05) is 13.2 Å². The molecule has 0 spiro atoms. The summed E-state index contributed by atoms with van der Waals surface area (Å²) < 4.78 is 33.8. The number of hydrogen-bond donors (Lipinski definition) is 0. The van der Waals surface area contributed by atoms with Crippen LogP contribution in [-0.4, -0.2) is 32.7 Å². The molecule has 0 aliphatic heterocycles. The number of halogens is 1. The van der Waals surface area contributed by atoms with Gasteiger partial charge in [0.1, 0.15) is 17.3 Å². The fraction of sp³-hybridized carbons (Fsp3) is 0.500. The van der Waals surface area contributed by atoms with Crippen LogP contribution in [0.3, 0.4) is 0 Å². The zero-order chi connectivity index (χ0) is 16.2. The van der Waals surface area contributed by atoms with Crippen molar-refractivity contribution in [2.24, 2.45) is 0 Å². The number of aryl methyl sites for hydroxylation is 1. The summed E-state index contributed by atoms with van der Waals surface area (Å²) in [7, 11) is 1.15. The van der Waals surface area contributed by atoms with Crippen molar-refractivity contribution < 1.29 is 22.8 Å². The number of benzene rings is 1. The highest BCUT2D eigenvalue weighted by molar-refractivity contribution is 8.13. The number of rotatable bonds is 7. The lowest BCUT2D eigenvalue weighted by atomic mass is 10.2. The van der Waals surface area contributed by atoms with Crippen LogP contribution >= 0.6 is 10.7 Å². The Morgan fingerprint density at radius 3 is 2.43 bits per heavy atom. The molecule has 118 valence electrons. The van der Waals surface area contributed by atoms with E-state index in [2.05, 4.69) is 0 Å². The highest BCUT2D eigenvalue weighted by Gasteiger charge is 2.24. The van der Waals surface area contributed by atoms with Gasteiger partial charge in [0.15, 0.2) is 0 Å². The van der Waals surface area contributed by atoms with E-state index in [9.17, 15) is 18.5 Å². The maximum absolute atomic E-state index is 11.6. The number of non-ortho nitro benzene ring substituents is 1. The quantitative estimate of drug-likeness (QED) is 0.328. The van der Waals surface area contributed by atoms with Crippen LogP contribution in [0.25, 0.3) is 0 Å². The second-order valence-corrected chi connectivity index (χ2v) is 7.09. The van der Waals surface area contributed by atoms with Gasteiger partial charge in [-0.3, -0.25) is 10.1 Å². The Kier molecular flexibility index (Phi) is 5.94. The van der Waals surface area contributed by atoms with Crippen molar-refractivity contribution >= 4 is 25.4 Å². The Balaban J connectivity index is 3.10. The van der Waals surface area contributed by atoms with Gasteiger partial charge in [-0.1, -0.05) is 0 Å². The first-order valence-electron chi connectivity index (χ1n) is 6.11. The number of hydrogen-bond acceptors (Lipinski definition) is 6. The minimum atomic E-state index is -4.16. The van der Waals surface area contributed by atoms with E-state index in [-0.39, 0.29) is 30.8 Å². The standard InChI is InChI=1S/C12H16ClNO6S/c1-8(2)19-4-5-20-12-9(3)6-10(14(15)16)7-11(12)21(13,17)18/h6-8H,4-5H2,1-3H3. The number of ether oxygens (including phenoxy) is 2. The highest BCUT2D eigenvalue weighted by Crippen LogP contribution is 2.34. The molecule has 0 saturated carbocycles. The fourth-order valence-corrected chi connectivity index (χ4v) is 2.67. The van der Waals surface area contributed by atoms with Crippen molar-refractivity contribution in [1.29, 1.82) is 0 Å². The summed E-state index contributed by atoms with van der Waals surface area (Å²) in [5.41, 5.74) is -0.0505. The van der Waals surface area contributed by atoms with Crippen molar-refractivity contribution in [3.8, 4) is 5.75 Å². The van der Waals surface area contributed by atoms with Gasteiger partial charge in [-0.15, -0.1) is 0 Å². The molecule has 0 aliphatic rings. The van der Waals surface area contributed by atoms with Gasteiger partial charge < -0.3 is 9.47 Å². The minimum absolute atomic E-state index is 0.00274. The third kappa shape index (κ3) is 5.14. The predicted molar refractivity (Wildman–Crippen MR) is 77.5 cm³/mol. The van der Waals surface area contributed by atoms with Gasteiger partial charge in [-0.05, 0) is 26.3 Å². The molecule has 0 saturated heterocycles. The van der Waals surface area contributed by atoms with Gasteiger partial charge in [0, 0.05) is 22.8 Å². The fourth-order valence-electron chi connectivity index (χ4n) is 1.62. The van der Waals surface area contributed by atoms with E-state index in [1.165, 1.54) is 13.0 Å². The SMILES string of the molecule is Cc1cc([N+](=O)[O-])cc(S(=O)(=O)Cl)c1OCCOC(C)C. The third-order valence-electron chi connectivity index (χ3n) is 2.48. The molecule has 1 aromatic rings. The molecule has 0 unspecified atom stereocenters. The van der Waals surface area contributed by atoms with Gasteiger partial charge in [0.05, 0.1) is 17.6 Å². The van der Waals surface area contributed by atoms with E-state index < -0.39 is 18.9 Å². The van der Waals surface area contributed by atoms with E-state index >= 15 is 0 Å². The zero-order valence-electron chi connectivity index (χ0n) is 11.8. The second kappa shape index (κ2) is 7.06. The largest absolute Gasteiger partial charge is 0.489 e. The predicted octanol–water partition coefficient (Wildman–Crippen LogP) is 2.63. The smallest absolute Gasteiger partial charge is 0.271 e. The normalized spacial score (nSPS) is 11.7. The molecule has 0 N–H and O–H groups in total. The Hall–Kier alpha value is -1.38. The average Bonchev–Trinajstić information content (AvgIpc) is 2.33. The van der Waals surface area contributed by atoms with Crippen LogP contribution in [0, 0.1) is 17.0 Å². The Bertz CT molecular complexity index is 629. The molecule has 0 bridgehead atoms. The highest BCUT2D eigenvalue weighted by atomic mass is 35.7. The molecule has 0 atom stereocenters. The summed E-state index contributed by atoms with van der Waals surface area (Å²) in [6.45, 7) is 5.58. The molecule has 1 aromatic carbocycles. The van der Waals surface area contributed by atoms with E-state index in [1.54, 1.807) is 0 Å². The van der Waals surface area contributed by atoms with Crippen molar-refractivity contribution in [3.63, 3.8) is 0 Å². The van der Waals surface area contributed by atoms with Crippen LogP contribution in [0.1, 0.15) is 19.4 Å². The van der Waals surface area contributed by atoms with E-state index in [0.717, 1.165) is 6.07 Å². The maximum Gasteiger partial charge on any atom is 0.271 e. The summed E-state index contributed by atoms with van der Waals surface area (Å²) in [6.07, 6.45) is 0.0165. The third-order valence-corrected chi connectivity index (χ3v) is 3.81. The molecule has 1 rings (SSSR count). The van der Waals surface area contributed by atoms with Crippen LogP contribution in [0.2, 0.25) is 0 Å². The Morgan fingerprint density at radius 1 is 1.33 bits per heavy atom. The van der Waals surface area contributed by atoms with Crippen molar-refractivity contribution in [1.82, 2.24) is 0 Å². The summed E-state index contributed by atoms with van der Waals surface area (Å²) in [6, 6.07) is 2.11. The zero-order valence-corrected chi connectivity index (χ0v) is 13.4. The molecule has 7 nitrogen and oxygen atoms in total. The average molecular weight is 338 g/mol. The Morgan fingerprint density at radius 2 is 1.95 bits per heavy atom. The lowest BCUT2D eigenvalue weighted by Gasteiger charge is -2.13. The van der Waals surface area contributed by atoms with Crippen LogP contribution in [0.4, 0.5) is 5.69 Å². The van der Waals surface area contributed by atoms with Gasteiger partial charge in [-0.2, -0.15) is 0 Å². The van der Waals surface area contributed by atoms with Crippen LogP contribution in [-0.2, 0) is 13.8 Å². The second-order valence-electron chi connectivity index (χ2n) is 4.55. The molecule has 0 aliphatic carbocycles. The summed E-state index contributed by atoms with van der Waals surface area (Å²) in [5.74, 6) is 0.00274. The molecule has 21 heavy (non-hydrogen) atoms. The summed E-state index contributed by atoms with van der Waals surface area (Å²) >= 11 is 0. The molecule has 0 amide bonds.